The predicted octanol–water partition coefficient (Wildman–Crippen LogP) is 4.61. The van der Waals surface area contributed by atoms with Crippen molar-refractivity contribution in [3.8, 4) is 5.75 Å². The van der Waals surface area contributed by atoms with Crippen LogP contribution in [-0.4, -0.2) is 4.92 Å². The molecule has 0 bridgehead atoms. The van der Waals surface area contributed by atoms with Crippen molar-refractivity contribution in [3.63, 3.8) is 0 Å². The third kappa shape index (κ3) is 3.40. The summed E-state index contributed by atoms with van der Waals surface area (Å²) >= 11 is 0. The van der Waals surface area contributed by atoms with Crippen LogP contribution >= 0.6 is 0 Å². The summed E-state index contributed by atoms with van der Waals surface area (Å²) in [6.45, 7) is 6.31. The lowest BCUT2D eigenvalue weighted by atomic mass is 10.0. The van der Waals surface area contributed by atoms with Crippen LogP contribution in [0.15, 0.2) is 42.5 Å². The van der Waals surface area contributed by atoms with E-state index in [9.17, 15) is 10.1 Å². The highest BCUT2D eigenvalue weighted by molar-refractivity contribution is 5.44. The summed E-state index contributed by atoms with van der Waals surface area (Å²) in [7, 11) is 0. The maximum absolute atomic E-state index is 11.0. The van der Waals surface area contributed by atoms with Crippen LogP contribution in [0.2, 0.25) is 0 Å². The zero-order valence-corrected chi connectivity index (χ0v) is 12.5. The average Bonchev–Trinajstić information content (AvgIpc) is 2.46. The second-order valence-corrected chi connectivity index (χ2v) is 5.30. The molecular formula is C17H19NO3. The SMILES string of the molecule is Cc1c(COc2ccccc2C(C)C)cccc1[N+](=O)[O-]. The van der Waals surface area contributed by atoms with E-state index in [1.54, 1.807) is 13.0 Å². The molecule has 2 rings (SSSR count). The molecule has 0 spiro atoms. The average molecular weight is 285 g/mol. The molecule has 0 aromatic heterocycles. The second kappa shape index (κ2) is 6.39. The normalized spacial score (nSPS) is 10.7. The van der Waals surface area contributed by atoms with Crippen molar-refractivity contribution < 1.29 is 9.66 Å². The van der Waals surface area contributed by atoms with Crippen molar-refractivity contribution in [2.45, 2.75) is 33.3 Å². The van der Waals surface area contributed by atoms with Crippen LogP contribution in [0.5, 0.6) is 5.75 Å². The number of nitro benzene ring substituents is 1. The van der Waals surface area contributed by atoms with Crippen molar-refractivity contribution in [1.29, 1.82) is 0 Å². The number of benzene rings is 2. The smallest absolute Gasteiger partial charge is 0.272 e. The molecule has 4 heteroatoms. The zero-order valence-electron chi connectivity index (χ0n) is 12.5. The highest BCUT2D eigenvalue weighted by Crippen LogP contribution is 2.28. The third-order valence-electron chi connectivity index (χ3n) is 3.54. The molecule has 110 valence electrons. The summed E-state index contributed by atoms with van der Waals surface area (Å²) in [5, 5.41) is 11.0. The lowest BCUT2D eigenvalue weighted by Gasteiger charge is -2.14. The van der Waals surface area contributed by atoms with Gasteiger partial charge >= 0.3 is 0 Å². The number of para-hydroxylation sites is 1. The molecule has 0 aliphatic rings. The summed E-state index contributed by atoms with van der Waals surface area (Å²) in [6, 6.07) is 13.0. The van der Waals surface area contributed by atoms with E-state index in [1.165, 1.54) is 6.07 Å². The molecule has 21 heavy (non-hydrogen) atoms. The Morgan fingerprint density at radius 3 is 2.52 bits per heavy atom. The zero-order chi connectivity index (χ0) is 15.4. The Morgan fingerprint density at radius 1 is 1.14 bits per heavy atom. The molecule has 0 saturated heterocycles. The molecule has 2 aromatic carbocycles. The van der Waals surface area contributed by atoms with Gasteiger partial charge in [-0.3, -0.25) is 10.1 Å². The maximum atomic E-state index is 11.0. The highest BCUT2D eigenvalue weighted by atomic mass is 16.6. The first-order valence-electron chi connectivity index (χ1n) is 6.95. The molecule has 0 saturated carbocycles. The second-order valence-electron chi connectivity index (χ2n) is 5.30. The summed E-state index contributed by atoms with van der Waals surface area (Å²) in [4.78, 5) is 10.6. The number of nitrogens with zero attached hydrogens (tertiary/aromatic N) is 1. The Labute approximate surface area is 124 Å². The Hall–Kier alpha value is -2.36. The van der Waals surface area contributed by atoms with Crippen LogP contribution in [0.4, 0.5) is 5.69 Å². The van der Waals surface area contributed by atoms with Gasteiger partial charge in [0.2, 0.25) is 0 Å². The van der Waals surface area contributed by atoms with Crippen molar-refractivity contribution in [3.05, 3.63) is 69.3 Å². The molecule has 0 radical (unpaired) electrons. The molecule has 0 N–H and O–H groups in total. The van der Waals surface area contributed by atoms with E-state index in [1.807, 2.05) is 30.3 Å². The van der Waals surface area contributed by atoms with E-state index in [-0.39, 0.29) is 10.6 Å². The molecule has 4 nitrogen and oxygen atoms in total. The first-order valence-corrected chi connectivity index (χ1v) is 6.95. The lowest BCUT2D eigenvalue weighted by molar-refractivity contribution is -0.385. The summed E-state index contributed by atoms with van der Waals surface area (Å²) in [6.07, 6.45) is 0. The Morgan fingerprint density at radius 2 is 1.86 bits per heavy atom. The van der Waals surface area contributed by atoms with Crippen LogP contribution in [-0.2, 0) is 6.61 Å². The first-order chi connectivity index (χ1) is 10.0. The lowest BCUT2D eigenvalue weighted by Crippen LogP contribution is -2.03. The van der Waals surface area contributed by atoms with Gasteiger partial charge in [0.1, 0.15) is 12.4 Å². The van der Waals surface area contributed by atoms with Gasteiger partial charge in [-0.05, 0) is 30.0 Å². The minimum atomic E-state index is -0.360. The molecule has 0 amide bonds. The number of ether oxygens (including phenoxy) is 1. The van der Waals surface area contributed by atoms with E-state index in [4.69, 9.17) is 4.74 Å². The van der Waals surface area contributed by atoms with Gasteiger partial charge in [-0.1, -0.05) is 44.2 Å². The van der Waals surface area contributed by atoms with E-state index in [2.05, 4.69) is 13.8 Å². The van der Waals surface area contributed by atoms with Crippen molar-refractivity contribution >= 4 is 5.69 Å². The minimum absolute atomic E-state index is 0.133. The Balaban J connectivity index is 2.21. The van der Waals surface area contributed by atoms with Crippen molar-refractivity contribution in [1.82, 2.24) is 0 Å². The fourth-order valence-corrected chi connectivity index (χ4v) is 2.27. The van der Waals surface area contributed by atoms with Gasteiger partial charge in [0.05, 0.1) is 4.92 Å². The number of hydrogen-bond donors (Lipinski definition) is 0. The van der Waals surface area contributed by atoms with Gasteiger partial charge in [0.15, 0.2) is 0 Å². The Bertz CT molecular complexity index is 650. The topological polar surface area (TPSA) is 52.4 Å². The maximum Gasteiger partial charge on any atom is 0.272 e. The van der Waals surface area contributed by atoms with Crippen LogP contribution < -0.4 is 4.74 Å². The molecule has 0 aliphatic heterocycles. The van der Waals surface area contributed by atoms with Crippen LogP contribution in [0, 0.1) is 17.0 Å². The molecular weight excluding hydrogens is 266 g/mol. The fourth-order valence-electron chi connectivity index (χ4n) is 2.27. The van der Waals surface area contributed by atoms with E-state index < -0.39 is 0 Å². The monoisotopic (exact) mass is 285 g/mol. The third-order valence-corrected chi connectivity index (χ3v) is 3.54. The van der Waals surface area contributed by atoms with E-state index in [0.717, 1.165) is 16.9 Å². The molecule has 0 unspecified atom stereocenters. The molecule has 2 aromatic rings. The van der Waals surface area contributed by atoms with Gasteiger partial charge in [-0.2, -0.15) is 0 Å². The largest absolute Gasteiger partial charge is 0.489 e. The highest BCUT2D eigenvalue weighted by Gasteiger charge is 2.14. The van der Waals surface area contributed by atoms with Gasteiger partial charge in [-0.15, -0.1) is 0 Å². The van der Waals surface area contributed by atoms with Crippen molar-refractivity contribution in [2.75, 3.05) is 0 Å². The van der Waals surface area contributed by atoms with Crippen LogP contribution in [0.3, 0.4) is 0 Å². The van der Waals surface area contributed by atoms with Gasteiger partial charge in [0.25, 0.3) is 5.69 Å². The van der Waals surface area contributed by atoms with Crippen LogP contribution in [0.25, 0.3) is 0 Å². The number of nitro groups is 1. The van der Waals surface area contributed by atoms with Gasteiger partial charge in [0, 0.05) is 11.6 Å². The van der Waals surface area contributed by atoms with Gasteiger partial charge < -0.3 is 4.74 Å². The summed E-state index contributed by atoms with van der Waals surface area (Å²) in [5.74, 6) is 1.20. The predicted molar refractivity (Wildman–Crippen MR) is 82.7 cm³/mol. The van der Waals surface area contributed by atoms with E-state index in [0.29, 0.717) is 18.1 Å². The molecule has 0 fully saturated rings. The molecule has 0 heterocycles. The minimum Gasteiger partial charge on any atom is -0.489 e. The fraction of sp³-hybridized carbons (Fsp3) is 0.294. The molecule has 0 atom stereocenters. The van der Waals surface area contributed by atoms with E-state index >= 15 is 0 Å². The Kier molecular flexibility index (Phi) is 4.58. The van der Waals surface area contributed by atoms with Crippen molar-refractivity contribution in [2.24, 2.45) is 0 Å². The standard InChI is InChI=1S/C17H19NO3/c1-12(2)15-8-4-5-10-17(15)21-11-14-7-6-9-16(13(14)3)18(19)20/h4-10,12H,11H2,1-3H3. The van der Waals surface area contributed by atoms with Crippen LogP contribution in [0.1, 0.15) is 36.5 Å². The quantitative estimate of drug-likeness (QED) is 0.595. The summed E-state index contributed by atoms with van der Waals surface area (Å²) < 4.78 is 5.88. The van der Waals surface area contributed by atoms with Gasteiger partial charge in [-0.25, -0.2) is 0 Å². The molecule has 0 aliphatic carbocycles. The number of hydrogen-bond acceptors (Lipinski definition) is 3. The first kappa shape index (κ1) is 15.0. The summed E-state index contributed by atoms with van der Waals surface area (Å²) in [5.41, 5.74) is 2.76. The number of rotatable bonds is 5.